The van der Waals surface area contributed by atoms with E-state index in [0.29, 0.717) is 31.0 Å². The molecule has 2 aromatic rings. The third-order valence-corrected chi connectivity index (χ3v) is 6.17. The summed E-state index contributed by atoms with van der Waals surface area (Å²) >= 11 is 0. The zero-order chi connectivity index (χ0) is 24.8. The van der Waals surface area contributed by atoms with Crippen molar-refractivity contribution in [2.45, 2.75) is 40.2 Å². The van der Waals surface area contributed by atoms with Gasteiger partial charge in [0.1, 0.15) is 17.3 Å². The van der Waals surface area contributed by atoms with Crippen molar-refractivity contribution in [1.29, 1.82) is 0 Å². The van der Waals surface area contributed by atoms with Crippen molar-refractivity contribution in [2.24, 2.45) is 0 Å². The normalized spacial score (nSPS) is 17.6. The molecule has 1 atom stereocenters. The number of nitrogens with zero attached hydrogens (tertiary/aromatic N) is 2. The maximum Gasteiger partial charge on any atom is 0.295 e. The summed E-state index contributed by atoms with van der Waals surface area (Å²) in [7, 11) is 0. The van der Waals surface area contributed by atoms with Crippen molar-refractivity contribution >= 4 is 17.4 Å². The van der Waals surface area contributed by atoms with Gasteiger partial charge in [-0.15, -0.1) is 0 Å². The van der Waals surface area contributed by atoms with Crippen molar-refractivity contribution < 1.29 is 24.5 Å². The number of rotatable bonds is 10. The smallest absolute Gasteiger partial charge is 0.295 e. The van der Waals surface area contributed by atoms with Crippen molar-refractivity contribution in [3.63, 3.8) is 0 Å². The van der Waals surface area contributed by atoms with Gasteiger partial charge in [0.05, 0.1) is 23.8 Å². The highest BCUT2D eigenvalue weighted by atomic mass is 16.5. The first-order valence-electron chi connectivity index (χ1n) is 11.9. The summed E-state index contributed by atoms with van der Waals surface area (Å²) in [5.74, 6) is -1.24. The minimum atomic E-state index is -0.768. The SMILES string of the molecule is CCCOc1ccc(C2/C(=C(\O)c3cc(C)ccc3O)C(=O)C(=O)N2CCN(CC)CC)cc1. The second-order valence-corrected chi connectivity index (χ2v) is 8.46. The molecule has 1 unspecified atom stereocenters. The van der Waals surface area contributed by atoms with Gasteiger partial charge >= 0.3 is 0 Å². The topological polar surface area (TPSA) is 90.3 Å². The molecule has 0 bridgehead atoms. The number of aromatic hydroxyl groups is 1. The van der Waals surface area contributed by atoms with Gasteiger partial charge in [-0.2, -0.15) is 0 Å². The van der Waals surface area contributed by atoms with Crippen LogP contribution in [-0.4, -0.2) is 64.5 Å². The summed E-state index contributed by atoms with van der Waals surface area (Å²) in [5.41, 5.74) is 1.61. The zero-order valence-electron chi connectivity index (χ0n) is 20.4. The Labute approximate surface area is 201 Å². The number of phenols is 1. The van der Waals surface area contributed by atoms with Crippen molar-refractivity contribution in [2.75, 3.05) is 32.8 Å². The summed E-state index contributed by atoms with van der Waals surface area (Å²) in [5, 5.41) is 21.6. The molecule has 3 rings (SSSR count). The first-order valence-corrected chi connectivity index (χ1v) is 11.9. The first kappa shape index (κ1) is 25.3. The lowest BCUT2D eigenvalue weighted by molar-refractivity contribution is -0.140. The molecule has 1 saturated heterocycles. The fraction of sp³-hybridized carbons (Fsp3) is 0.407. The molecule has 1 aliphatic heterocycles. The molecule has 2 aromatic carbocycles. The highest BCUT2D eigenvalue weighted by Crippen LogP contribution is 2.41. The van der Waals surface area contributed by atoms with Gasteiger partial charge in [0.25, 0.3) is 11.7 Å². The van der Waals surface area contributed by atoms with E-state index in [1.807, 2.05) is 39.8 Å². The highest BCUT2D eigenvalue weighted by Gasteiger charge is 2.46. The Balaban J connectivity index is 2.09. The second kappa shape index (κ2) is 11.2. The number of hydrogen-bond donors (Lipinski definition) is 2. The van der Waals surface area contributed by atoms with Crippen LogP contribution in [0.3, 0.4) is 0 Å². The zero-order valence-corrected chi connectivity index (χ0v) is 20.4. The van der Waals surface area contributed by atoms with E-state index in [1.54, 1.807) is 24.3 Å². The standard InChI is InChI=1S/C27H34N2O5/c1-5-16-34-20-11-9-19(10-12-20)24-23(25(31)21-17-18(4)8-13-22(21)30)26(32)27(33)29(24)15-14-28(6-2)7-3/h8-13,17,24,30-31H,5-7,14-16H2,1-4H3/b25-23+. The fourth-order valence-corrected chi connectivity index (χ4v) is 4.20. The Morgan fingerprint density at radius 3 is 2.35 bits per heavy atom. The Kier molecular flexibility index (Phi) is 8.34. The molecule has 0 aliphatic carbocycles. The molecule has 7 heteroatoms. The van der Waals surface area contributed by atoms with Crippen LogP contribution in [0.4, 0.5) is 0 Å². The molecule has 7 nitrogen and oxygen atoms in total. The Bertz CT molecular complexity index is 1060. The van der Waals surface area contributed by atoms with Crippen LogP contribution in [0.1, 0.15) is 49.9 Å². The molecular formula is C27H34N2O5. The number of carbonyl (C=O) groups excluding carboxylic acids is 2. The Morgan fingerprint density at radius 1 is 1.06 bits per heavy atom. The van der Waals surface area contributed by atoms with Crippen LogP contribution in [0.5, 0.6) is 11.5 Å². The van der Waals surface area contributed by atoms with Crippen molar-refractivity contribution in [3.8, 4) is 11.5 Å². The quantitative estimate of drug-likeness (QED) is 0.309. The van der Waals surface area contributed by atoms with Crippen molar-refractivity contribution in [3.05, 3.63) is 64.7 Å². The molecule has 0 spiro atoms. The number of hydrogen-bond acceptors (Lipinski definition) is 6. The number of ether oxygens (including phenoxy) is 1. The first-order chi connectivity index (χ1) is 16.3. The largest absolute Gasteiger partial charge is 0.507 e. The third-order valence-electron chi connectivity index (χ3n) is 6.17. The Hall–Kier alpha value is -3.32. The number of amides is 1. The summed E-state index contributed by atoms with van der Waals surface area (Å²) in [6.45, 7) is 11.1. The van der Waals surface area contributed by atoms with E-state index in [0.717, 1.165) is 25.1 Å². The summed E-state index contributed by atoms with van der Waals surface area (Å²) in [6.07, 6.45) is 0.882. The molecule has 1 heterocycles. The Morgan fingerprint density at radius 2 is 1.74 bits per heavy atom. The van der Waals surface area contributed by atoms with Gasteiger partial charge in [-0.05, 0) is 56.3 Å². The number of aliphatic hydroxyl groups excluding tert-OH is 1. The molecule has 34 heavy (non-hydrogen) atoms. The van der Waals surface area contributed by atoms with E-state index >= 15 is 0 Å². The minimum absolute atomic E-state index is 0.0207. The number of Topliss-reactive ketones (excluding diaryl/α,β-unsaturated/α-hetero) is 1. The lowest BCUT2D eigenvalue weighted by atomic mass is 9.94. The second-order valence-electron chi connectivity index (χ2n) is 8.46. The average Bonchev–Trinajstić information content (AvgIpc) is 3.09. The van der Waals surface area contributed by atoms with Crippen molar-refractivity contribution in [1.82, 2.24) is 9.80 Å². The molecular weight excluding hydrogens is 432 g/mol. The summed E-state index contributed by atoms with van der Waals surface area (Å²) in [4.78, 5) is 30.0. The summed E-state index contributed by atoms with van der Waals surface area (Å²) < 4.78 is 5.67. The van der Waals surface area contributed by atoms with Gasteiger partial charge in [0, 0.05) is 13.1 Å². The summed E-state index contributed by atoms with van der Waals surface area (Å²) in [6, 6.07) is 11.3. The van der Waals surface area contributed by atoms with Gasteiger partial charge in [0.15, 0.2) is 0 Å². The monoisotopic (exact) mass is 466 g/mol. The fourth-order valence-electron chi connectivity index (χ4n) is 4.20. The highest BCUT2D eigenvalue weighted by molar-refractivity contribution is 6.46. The van der Waals surface area contributed by atoms with Gasteiger partial charge < -0.3 is 24.7 Å². The molecule has 0 aromatic heterocycles. The minimum Gasteiger partial charge on any atom is -0.507 e. The van der Waals surface area contributed by atoms with Crippen LogP contribution in [0.15, 0.2) is 48.0 Å². The van der Waals surface area contributed by atoms with Crippen LogP contribution in [0.2, 0.25) is 0 Å². The maximum atomic E-state index is 13.2. The van der Waals surface area contributed by atoms with E-state index in [2.05, 4.69) is 4.90 Å². The van der Waals surface area contributed by atoms with Crippen LogP contribution >= 0.6 is 0 Å². The number of likely N-dealkylation sites (N-methyl/N-ethyl adjacent to an activating group) is 1. The van der Waals surface area contributed by atoms with E-state index in [4.69, 9.17) is 4.74 Å². The third kappa shape index (κ3) is 5.25. The van der Waals surface area contributed by atoms with Gasteiger partial charge in [0.2, 0.25) is 0 Å². The van der Waals surface area contributed by atoms with E-state index in [9.17, 15) is 19.8 Å². The van der Waals surface area contributed by atoms with Gasteiger partial charge in [-0.25, -0.2) is 0 Å². The van der Waals surface area contributed by atoms with Gasteiger partial charge in [-0.1, -0.05) is 44.5 Å². The van der Waals surface area contributed by atoms with E-state index < -0.39 is 17.7 Å². The molecule has 2 N–H and O–H groups in total. The molecule has 1 aliphatic rings. The lowest BCUT2D eigenvalue weighted by Gasteiger charge is -2.28. The molecule has 0 saturated carbocycles. The number of aryl methyl sites for hydroxylation is 1. The number of carbonyl (C=O) groups is 2. The van der Waals surface area contributed by atoms with E-state index in [-0.39, 0.29) is 22.6 Å². The van der Waals surface area contributed by atoms with Gasteiger partial charge in [-0.3, -0.25) is 9.59 Å². The lowest BCUT2D eigenvalue weighted by Crippen LogP contribution is -2.38. The van der Waals surface area contributed by atoms with Crippen LogP contribution < -0.4 is 4.74 Å². The van der Waals surface area contributed by atoms with Crippen LogP contribution in [0.25, 0.3) is 5.76 Å². The van der Waals surface area contributed by atoms with Crippen LogP contribution in [-0.2, 0) is 9.59 Å². The molecule has 1 fully saturated rings. The number of benzene rings is 2. The van der Waals surface area contributed by atoms with E-state index in [1.165, 1.54) is 11.0 Å². The number of likely N-dealkylation sites (tertiary alicyclic amines) is 1. The average molecular weight is 467 g/mol. The van der Waals surface area contributed by atoms with Crippen LogP contribution in [0, 0.1) is 6.92 Å². The number of phenolic OH excluding ortho intramolecular Hbond substituents is 1. The maximum absolute atomic E-state index is 13.2. The molecule has 182 valence electrons. The number of ketones is 1. The molecule has 0 radical (unpaired) electrons. The predicted molar refractivity (Wildman–Crippen MR) is 132 cm³/mol. The number of aliphatic hydroxyl groups is 1. The predicted octanol–water partition coefficient (Wildman–Crippen LogP) is 4.25. The molecule has 1 amide bonds.